The number of fused-ring (bicyclic) bond motifs is 9. The Bertz CT molecular complexity index is 6950. The van der Waals surface area contributed by atoms with Gasteiger partial charge in [0.25, 0.3) is 0 Å². The molecule has 0 N–H and O–H groups in total. The summed E-state index contributed by atoms with van der Waals surface area (Å²) in [6, 6.07) is 137. The van der Waals surface area contributed by atoms with Gasteiger partial charge in [-0.3, -0.25) is 0 Å². The average molecular weight is 2360 g/mol. The monoisotopic (exact) mass is 2360 g/mol. The van der Waals surface area contributed by atoms with Crippen LogP contribution in [0, 0.1) is 36.4 Å². The maximum absolute atomic E-state index is 12.8. The van der Waals surface area contributed by atoms with E-state index in [9.17, 15) is 8.42 Å². The quantitative estimate of drug-likeness (QED) is 0.0773. The van der Waals surface area contributed by atoms with Crippen molar-refractivity contribution >= 4 is 100 Å². The summed E-state index contributed by atoms with van der Waals surface area (Å²) in [5.74, 6) is 0.891. The molecule has 0 saturated carbocycles. The molecule has 9 nitrogen and oxygen atoms in total. The summed E-state index contributed by atoms with van der Waals surface area (Å²) in [6.07, 6.45) is 11.5. The Kier molecular flexibility index (Phi) is 32.7. The summed E-state index contributed by atoms with van der Waals surface area (Å²) < 4.78 is 31.6. The maximum atomic E-state index is 12.8. The first-order valence-corrected chi connectivity index (χ1v) is 58.5. The van der Waals surface area contributed by atoms with Crippen LogP contribution >= 0.6 is 0 Å². The molecule has 675 valence electrons. The summed E-state index contributed by atoms with van der Waals surface area (Å²) in [7, 11) is -10.6. The van der Waals surface area contributed by atoms with Gasteiger partial charge in [-0.25, -0.2) is 8.42 Å². The topological polar surface area (TPSA) is 125 Å². The predicted octanol–water partition coefficient (Wildman–Crippen LogP) is 24.9. The van der Waals surface area contributed by atoms with E-state index < -0.39 is 42.1 Å². The Morgan fingerprint density at radius 2 is 0.701 bits per heavy atom. The van der Waals surface area contributed by atoms with Crippen molar-refractivity contribution in [2.75, 3.05) is 0 Å². The zero-order valence-corrected chi connectivity index (χ0v) is 89.3. The number of aromatic nitrogens is 6. The van der Waals surface area contributed by atoms with E-state index in [0.717, 1.165) is 101 Å². The van der Waals surface area contributed by atoms with Gasteiger partial charge in [-0.1, -0.05) is 335 Å². The van der Waals surface area contributed by atoms with Gasteiger partial charge >= 0.3 is 0 Å². The summed E-state index contributed by atoms with van der Waals surface area (Å²) in [4.78, 5) is 27.9. The number of hydrogen-bond donors (Lipinski definition) is 0. The van der Waals surface area contributed by atoms with E-state index in [1.54, 1.807) is 36.8 Å². The molecule has 134 heavy (non-hydrogen) atoms. The zero-order valence-electron chi connectivity index (χ0n) is 77.3. The van der Waals surface area contributed by atoms with Crippen LogP contribution in [0.5, 0.6) is 0 Å². The van der Waals surface area contributed by atoms with Crippen LogP contribution in [-0.4, -0.2) is 70.6 Å². The molecular formula is C117H104Ir3N6O3SSi4-6. The van der Waals surface area contributed by atoms with E-state index in [2.05, 4.69) is 302 Å². The Morgan fingerprint density at radius 3 is 1.17 bits per heavy atom. The molecule has 21 rings (SSSR count). The molecule has 0 unspecified atom stereocenters. The van der Waals surface area contributed by atoms with E-state index in [1.807, 2.05) is 182 Å². The number of rotatable bonds is 14. The van der Waals surface area contributed by atoms with Crippen molar-refractivity contribution < 1.29 is 73.2 Å². The number of hydrogen-bond acceptors (Lipinski definition) is 9. The van der Waals surface area contributed by atoms with Crippen LogP contribution in [0.4, 0.5) is 0 Å². The minimum atomic E-state index is -3.46. The fraction of sp³-hybridized carbons (Fsp3) is 0.128. The van der Waals surface area contributed by atoms with Crippen molar-refractivity contribution in [2.45, 2.75) is 108 Å². The third-order valence-electron chi connectivity index (χ3n) is 23.7. The number of para-hydroxylation sites is 1. The van der Waals surface area contributed by atoms with E-state index >= 15 is 0 Å². The maximum Gasteiger partial charge on any atom is 0.173 e. The number of benzene rings is 12. The van der Waals surface area contributed by atoms with Crippen molar-refractivity contribution in [1.82, 2.24) is 29.9 Å². The van der Waals surface area contributed by atoms with Gasteiger partial charge in [0.1, 0.15) is 13.7 Å². The molecule has 12 aromatic carbocycles. The van der Waals surface area contributed by atoms with Crippen LogP contribution in [-0.2, 0) is 70.2 Å². The molecule has 2 aliphatic rings. The van der Waals surface area contributed by atoms with E-state index in [-0.39, 0.29) is 60.3 Å². The van der Waals surface area contributed by atoms with Crippen LogP contribution in [0.1, 0.15) is 50.7 Å². The van der Waals surface area contributed by atoms with E-state index in [0.29, 0.717) is 21.6 Å². The molecule has 19 aromatic rings. The van der Waals surface area contributed by atoms with Crippen LogP contribution in [0.3, 0.4) is 0 Å². The molecule has 0 amide bonds. The van der Waals surface area contributed by atoms with E-state index in [1.165, 1.54) is 69.7 Å². The predicted molar refractivity (Wildman–Crippen MR) is 554 cm³/mol. The summed E-state index contributed by atoms with van der Waals surface area (Å²) in [5.41, 5.74) is 22.9. The van der Waals surface area contributed by atoms with Crippen molar-refractivity contribution in [3.63, 3.8) is 0 Å². The van der Waals surface area contributed by atoms with Crippen LogP contribution in [0.25, 0.3) is 123 Å². The van der Waals surface area contributed by atoms with Gasteiger partial charge in [-0.05, 0) is 120 Å². The molecule has 7 aromatic heterocycles. The number of sulfone groups is 1. The molecule has 3 radical (unpaired) electrons. The first-order valence-electron chi connectivity index (χ1n) is 44.6. The third kappa shape index (κ3) is 22.2. The normalized spacial score (nSPS) is 12.2. The SMILES string of the molecule is CC(C)c1cnc(-c2[c-]cc3c(c2)-c2ccccc2S3(=O)=O)cc1[Si](C)(C)C.CC(C)c1cnc(-c2[c-]cc3c(c2)-c2ccccc2[Si]3(c2ccccc2)c2ccccc2)cc1[Si](C)(C)C.C[Si](C)(C)c1cc(-c2[c-]cc3oc4ccccc4c3c2)ncc1-c1ccccc1.[Ir].[Ir].[Ir].[c-]1ccccc1-c1ccccn1.[c-]1ccccc1-c1ccccn1.[c-]1ccccc1-c1ccccn1. The van der Waals surface area contributed by atoms with Gasteiger partial charge < -0.3 is 34.3 Å². The number of nitrogens with zero attached hydrogens (tertiary/aromatic N) is 6. The van der Waals surface area contributed by atoms with E-state index in [4.69, 9.17) is 19.4 Å². The molecule has 2 aliphatic heterocycles. The molecule has 17 heteroatoms. The van der Waals surface area contributed by atoms with Crippen molar-refractivity contribution in [1.29, 1.82) is 0 Å². The Hall–Kier alpha value is -11.9. The molecule has 0 atom stereocenters. The molecular weight excluding hydrogens is 2260 g/mol. The standard InChI is InChI=1S/C35H34NSi2.C26H22NOSi.C23H24NO2SSi.3C11H8N.3Ir/c1-25(2)31-24-36-32(23-35(31)37(3,4)5)26-20-21-34-30(22-26)29-18-12-13-19-33(29)38(34,27-14-8-6-9-15-27)28-16-10-7-11-17-28;1-29(2,3)26-16-23(27-17-22(26)18-9-5-4-6-10-18)19-13-14-25-21(15-19)20-11-7-8-12-24(20)28-25;1-15(2)19-14-24-20(13-23(19)28(3,4)5)16-10-11-22-18(12-16)17-8-6-7-9-21(17)27(22,25)26;3*1-2-6-10(7-3-1)11-8-4-5-9-12-11;;;/h6-19,21-25H,1-5H3;4-12,14-17H,1-3H3;6-9,11-15H,1-5H3;3*1-6,8-9H;;;/q6*-1;;;. The van der Waals surface area contributed by atoms with Crippen LogP contribution in [0.2, 0.25) is 58.9 Å². The van der Waals surface area contributed by atoms with Gasteiger partial charge in [-0.2, -0.15) is 0 Å². The fourth-order valence-electron chi connectivity index (χ4n) is 17.2. The second kappa shape index (κ2) is 44.1. The van der Waals surface area contributed by atoms with Gasteiger partial charge in [0.05, 0.1) is 34.7 Å². The fourth-order valence-corrected chi connectivity index (χ4v) is 29.1. The molecule has 9 heterocycles. The number of furan rings is 1. The minimum absolute atomic E-state index is 0. The zero-order chi connectivity index (χ0) is 91.4. The Labute approximate surface area is 835 Å². The van der Waals surface area contributed by atoms with Gasteiger partial charge in [0, 0.05) is 103 Å². The molecule has 0 bridgehead atoms. The van der Waals surface area contributed by atoms with Gasteiger partial charge in [-0.15, -0.1) is 184 Å². The molecule has 0 fully saturated rings. The second-order valence-corrected chi connectivity index (χ2v) is 57.1. The largest absolute Gasteiger partial charge is 0.500 e. The third-order valence-corrected chi connectivity index (χ3v) is 36.5. The molecule has 0 spiro atoms. The first-order chi connectivity index (χ1) is 63.3. The summed E-state index contributed by atoms with van der Waals surface area (Å²) in [6.45, 7) is 30.4. The van der Waals surface area contributed by atoms with Gasteiger partial charge in [0.15, 0.2) is 9.84 Å². The average Bonchev–Trinajstić information content (AvgIpc) is 1.54. The van der Waals surface area contributed by atoms with Crippen LogP contribution < -0.4 is 36.3 Å². The van der Waals surface area contributed by atoms with Crippen molar-refractivity contribution in [2.24, 2.45) is 0 Å². The minimum Gasteiger partial charge on any atom is -0.500 e. The molecule has 0 aliphatic carbocycles. The Morgan fingerprint density at radius 1 is 0.299 bits per heavy atom. The first kappa shape index (κ1) is 99.6. The summed E-state index contributed by atoms with van der Waals surface area (Å²) >= 11 is 0. The summed E-state index contributed by atoms with van der Waals surface area (Å²) in [5, 5.41) is 12.3. The smallest absolute Gasteiger partial charge is 0.173 e. The number of pyridine rings is 6. The van der Waals surface area contributed by atoms with Gasteiger partial charge in [0.2, 0.25) is 0 Å². The van der Waals surface area contributed by atoms with Crippen molar-refractivity contribution in [3.8, 4) is 101 Å². The Balaban J connectivity index is 0.000000143. The molecule has 0 saturated heterocycles. The second-order valence-electron chi connectivity index (χ2n) is 36.4. The van der Waals surface area contributed by atoms with Crippen LogP contribution in [0.15, 0.2) is 397 Å². The van der Waals surface area contributed by atoms with Crippen molar-refractivity contribution in [3.05, 3.63) is 430 Å².